The quantitative estimate of drug-likeness (QED) is 0.680. The van der Waals surface area contributed by atoms with Gasteiger partial charge in [0.05, 0.1) is 11.5 Å². The van der Waals surface area contributed by atoms with Crippen molar-refractivity contribution in [2.24, 2.45) is 0 Å². The maximum absolute atomic E-state index is 13.1. The van der Waals surface area contributed by atoms with Crippen LogP contribution < -0.4 is 4.74 Å². The van der Waals surface area contributed by atoms with Crippen LogP contribution in [0.15, 0.2) is 24.3 Å². The zero-order valence-electron chi connectivity index (χ0n) is 8.08. The average molecular weight is 328 g/mol. The first-order valence-corrected chi connectivity index (χ1v) is 5.79. The third-order valence-electron chi connectivity index (χ3n) is 2.01. The van der Waals surface area contributed by atoms with Crippen molar-refractivity contribution < 1.29 is 18.6 Å². The summed E-state index contributed by atoms with van der Waals surface area (Å²) >= 11 is 1.55. The molecule has 1 rings (SSSR count). The van der Waals surface area contributed by atoms with Crippen LogP contribution in [0.4, 0.5) is 8.78 Å². The van der Waals surface area contributed by atoms with E-state index in [1.54, 1.807) is 34.7 Å². The third-order valence-corrected chi connectivity index (χ3v) is 3.03. The van der Waals surface area contributed by atoms with Gasteiger partial charge in [0.15, 0.2) is 0 Å². The summed E-state index contributed by atoms with van der Waals surface area (Å²) in [7, 11) is 1.49. The minimum Gasteiger partial charge on any atom is -0.497 e. The molecule has 1 atom stereocenters. The lowest BCUT2D eigenvalue weighted by Gasteiger charge is -2.20. The number of ether oxygens (including phenoxy) is 1. The maximum atomic E-state index is 13.1. The molecule has 0 spiro atoms. The summed E-state index contributed by atoms with van der Waals surface area (Å²) in [5.74, 6) is -2.53. The summed E-state index contributed by atoms with van der Waals surface area (Å²) in [5, 5.41) is 9.42. The van der Waals surface area contributed by atoms with E-state index in [1.165, 1.54) is 19.2 Å². The molecule has 1 unspecified atom stereocenters. The first kappa shape index (κ1) is 12.6. The first-order chi connectivity index (χ1) is 7.01. The molecule has 0 saturated carbocycles. The van der Waals surface area contributed by atoms with Gasteiger partial charge in [0, 0.05) is 0 Å². The zero-order valence-corrected chi connectivity index (χ0v) is 10.2. The van der Waals surface area contributed by atoms with Gasteiger partial charge in [0.25, 0.3) is 5.92 Å². The van der Waals surface area contributed by atoms with Crippen molar-refractivity contribution in [1.82, 2.24) is 0 Å². The monoisotopic (exact) mass is 328 g/mol. The molecule has 1 aromatic carbocycles. The summed E-state index contributed by atoms with van der Waals surface area (Å²) in [6, 6.07) is 5.96. The molecule has 0 aliphatic rings. The Kier molecular flexibility index (Phi) is 4.27. The molecular weight excluding hydrogens is 317 g/mol. The number of alkyl halides is 3. The molecule has 0 aromatic heterocycles. The zero-order chi connectivity index (χ0) is 11.5. The fraction of sp³-hybridized carbons (Fsp3) is 0.400. The molecule has 15 heavy (non-hydrogen) atoms. The Hall–Kier alpha value is -0.430. The largest absolute Gasteiger partial charge is 0.497 e. The van der Waals surface area contributed by atoms with E-state index in [1.807, 2.05) is 0 Å². The van der Waals surface area contributed by atoms with Gasteiger partial charge in [-0.2, -0.15) is 0 Å². The van der Waals surface area contributed by atoms with Crippen LogP contribution in [-0.4, -0.2) is 22.6 Å². The Labute approximate surface area is 100 Å². The average Bonchev–Trinajstić information content (AvgIpc) is 2.28. The van der Waals surface area contributed by atoms with E-state index in [4.69, 9.17) is 4.74 Å². The number of rotatable bonds is 4. The Morgan fingerprint density at radius 1 is 1.40 bits per heavy atom. The van der Waals surface area contributed by atoms with Crippen molar-refractivity contribution in [2.75, 3.05) is 11.5 Å². The summed E-state index contributed by atoms with van der Waals surface area (Å²) in [6.07, 6.45) is -1.76. The summed E-state index contributed by atoms with van der Waals surface area (Å²) in [5.41, 5.74) is 0.192. The van der Waals surface area contributed by atoms with Crippen molar-refractivity contribution in [3.63, 3.8) is 0 Å². The van der Waals surface area contributed by atoms with E-state index in [-0.39, 0.29) is 5.56 Å². The molecule has 0 fully saturated rings. The fourth-order valence-electron chi connectivity index (χ4n) is 1.10. The number of benzene rings is 1. The second-order valence-corrected chi connectivity index (χ2v) is 3.83. The van der Waals surface area contributed by atoms with Crippen LogP contribution in [0.5, 0.6) is 5.75 Å². The minimum atomic E-state index is -3.10. The van der Waals surface area contributed by atoms with Gasteiger partial charge < -0.3 is 9.84 Å². The van der Waals surface area contributed by atoms with Gasteiger partial charge in [-0.25, -0.2) is 8.78 Å². The molecule has 1 aromatic rings. The lowest BCUT2D eigenvalue weighted by atomic mass is 10.0. The van der Waals surface area contributed by atoms with Gasteiger partial charge in [-0.1, -0.05) is 34.7 Å². The van der Waals surface area contributed by atoms with E-state index in [2.05, 4.69) is 0 Å². The molecule has 0 saturated heterocycles. The van der Waals surface area contributed by atoms with E-state index >= 15 is 0 Å². The van der Waals surface area contributed by atoms with E-state index in [9.17, 15) is 13.9 Å². The summed E-state index contributed by atoms with van der Waals surface area (Å²) in [4.78, 5) is 0. The normalized spacial score (nSPS) is 13.7. The van der Waals surface area contributed by atoms with Crippen molar-refractivity contribution in [2.45, 2.75) is 12.0 Å². The Morgan fingerprint density at radius 2 is 1.93 bits per heavy atom. The van der Waals surface area contributed by atoms with Gasteiger partial charge in [-0.05, 0) is 17.7 Å². The number of methoxy groups -OCH3 is 1. The Morgan fingerprint density at radius 3 is 2.33 bits per heavy atom. The van der Waals surface area contributed by atoms with Crippen LogP contribution in [0.1, 0.15) is 11.7 Å². The highest BCUT2D eigenvalue weighted by Crippen LogP contribution is 2.33. The lowest BCUT2D eigenvalue weighted by Crippen LogP contribution is -2.27. The van der Waals surface area contributed by atoms with Crippen molar-refractivity contribution in [3.05, 3.63) is 29.8 Å². The van der Waals surface area contributed by atoms with Crippen LogP contribution in [0.25, 0.3) is 0 Å². The molecule has 1 N–H and O–H groups in total. The number of halogens is 3. The number of hydrogen-bond donors (Lipinski definition) is 1. The number of aliphatic hydroxyl groups is 1. The minimum absolute atomic E-state index is 0.192. The highest BCUT2D eigenvalue weighted by molar-refractivity contribution is 14.1. The van der Waals surface area contributed by atoms with Crippen molar-refractivity contribution in [1.29, 1.82) is 0 Å². The fourth-order valence-corrected chi connectivity index (χ4v) is 1.52. The molecule has 84 valence electrons. The molecule has 0 aliphatic carbocycles. The smallest absolute Gasteiger partial charge is 0.286 e. The predicted molar refractivity (Wildman–Crippen MR) is 61.8 cm³/mol. The van der Waals surface area contributed by atoms with Crippen LogP contribution in [-0.2, 0) is 0 Å². The Bertz CT molecular complexity index is 314. The molecule has 0 radical (unpaired) electrons. The topological polar surface area (TPSA) is 29.5 Å². The predicted octanol–water partition coefficient (Wildman–Crippen LogP) is 2.80. The second-order valence-electron chi connectivity index (χ2n) is 3.07. The number of hydrogen-bond acceptors (Lipinski definition) is 2. The van der Waals surface area contributed by atoms with Gasteiger partial charge in [-0.15, -0.1) is 0 Å². The lowest BCUT2D eigenvalue weighted by molar-refractivity contribution is -0.0891. The van der Waals surface area contributed by atoms with Gasteiger partial charge in [-0.3, -0.25) is 0 Å². The molecule has 0 heterocycles. The molecule has 0 aliphatic heterocycles. The third kappa shape index (κ3) is 3.01. The highest BCUT2D eigenvalue weighted by Gasteiger charge is 2.38. The van der Waals surface area contributed by atoms with Gasteiger partial charge in [0.1, 0.15) is 11.9 Å². The standard InChI is InChI=1S/C10H11F2IO2/c1-15-8-4-2-7(3-5-8)9(14)10(11,12)6-13/h2-5,9,14H,6H2,1H3. The second kappa shape index (κ2) is 5.07. The Balaban J connectivity index is 2.87. The van der Waals surface area contributed by atoms with Crippen LogP contribution in [0.2, 0.25) is 0 Å². The van der Waals surface area contributed by atoms with Crippen molar-refractivity contribution >= 4 is 22.6 Å². The SMILES string of the molecule is COc1ccc(C(O)C(F)(F)CI)cc1. The van der Waals surface area contributed by atoms with E-state index < -0.39 is 16.5 Å². The molecule has 5 heteroatoms. The molecule has 0 amide bonds. The highest BCUT2D eigenvalue weighted by atomic mass is 127. The number of aliphatic hydroxyl groups excluding tert-OH is 1. The van der Waals surface area contributed by atoms with Crippen LogP contribution in [0, 0.1) is 0 Å². The van der Waals surface area contributed by atoms with Crippen LogP contribution >= 0.6 is 22.6 Å². The first-order valence-electron chi connectivity index (χ1n) is 4.27. The van der Waals surface area contributed by atoms with Crippen molar-refractivity contribution in [3.8, 4) is 5.75 Å². The van der Waals surface area contributed by atoms with E-state index in [0.29, 0.717) is 5.75 Å². The molecule has 0 bridgehead atoms. The molecular formula is C10H11F2IO2. The molecule has 2 nitrogen and oxygen atoms in total. The van der Waals surface area contributed by atoms with Gasteiger partial charge >= 0.3 is 0 Å². The van der Waals surface area contributed by atoms with Crippen LogP contribution in [0.3, 0.4) is 0 Å². The summed E-state index contributed by atoms with van der Waals surface area (Å²) < 4.78 is 30.7. The van der Waals surface area contributed by atoms with E-state index in [0.717, 1.165) is 0 Å². The van der Waals surface area contributed by atoms with Gasteiger partial charge in [0.2, 0.25) is 0 Å². The summed E-state index contributed by atoms with van der Waals surface area (Å²) in [6.45, 7) is 0. The maximum Gasteiger partial charge on any atom is 0.286 e.